The first kappa shape index (κ1) is 15.5. The van der Waals surface area contributed by atoms with Gasteiger partial charge in [0.05, 0.1) is 11.8 Å². The molecular formula is C16H28N2O2. The fourth-order valence-corrected chi connectivity index (χ4v) is 3.80. The number of carbonyl (C=O) groups excluding carboxylic acids is 2. The second-order valence-corrected chi connectivity index (χ2v) is 6.42. The molecule has 2 aliphatic rings. The van der Waals surface area contributed by atoms with Crippen molar-refractivity contribution in [2.45, 2.75) is 58.9 Å². The third-order valence-electron chi connectivity index (χ3n) is 4.88. The Bertz CT molecular complexity index is 345. The van der Waals surface area contributed by atoms with Crippen molar-refractivity contribution in [1.82, 2.24) is 10.2 Å². The Labute approximate surface area is 122 Å². The van der Waals surface area contributed by atoms with E-state index in [1.807, 2.05) is 0 Å². The summed E-state index contributed by atoms with van der Waals surface area (Å²) in [7, 11) is 0. The first-order valence-corrected chi connectivity index (χ1v) is 8.17. The van der Waals surface area contributed by atoms with Crippen LogP contribution in [0.4, 0.5) is 0 Å². The maximum atomic E-state index is 12.3. The van der Waals surface area contributed by atoms with Gasteiger partial charge in [-0.15, -0.1) is 0 Å². The smallest absolute Gasteiger partial charge is 0.233 e. The van der Waals surface area contributed by atoms with Crippen LogP contribution < -0.4 is 5.32 Å². The summed E-state index contributed by atoms with van der Waals surface area (Å²) in [5, 5.41) is 3.44. The molecule has 1 aliphatic heterocycles. The van der Waals surface area contributed by atoms with Crippen molar-refractivity contribution in [3.05, 3.63) is 0 Å². The molecule has 1 aliphatic carbocycles. The molecule has 0 aromatic heterocycles. The van der Waals surface area contributed by atoms with Gasteiger partial charge in [-0.1, -0.05) is 20.8 Å². The molecule has 0 bridgehead atoms. The second-order valence-electron chi connectivity index (χ2n) is 6.42. The number of hydrogen-bond acceptors (Lipinski definition) is 3. The number of fused-ring (bicyclic) bond motifs is 1. The molecular weight excluding hydrogens is 252 g/mol. The fourth-order valence-electron chi connectivity index (χ4n) is 3.80. The Kier molecular flexibility index (Phi) is 5.19. The van der Waals surface area contributed by atoms with Gasteiger partial charge in [0.25, 0.3) is 0 Å². The number of likely N-dealkylation sites (tertiary alicyclic amines) is 1. The first-order valence-electron chi connectivity index (χ1n) is 8.17. The Morgan fingerprint density at radius 3 is 2.30 bits per heavy atom. The summed E-state index contributed by atoms with van der Waals surface area (Å²) in [5.74, 6) is 0.710. The molecule has 20 heavy (non-hydrogen) atoms. The van der Waals surface area contributed by atoms with Crippen molar-refractivity contribution in [1.29, 1.82) is 0 Å². The molecule has 0 spiro atoms. The minimum atomic E-state index is -0.00626. The summed E-state index contributed by atoms with van der Waals surface area (Å²) in [5.41, 5.74) is 0. The van der Waals surface area contributed by atoms with E-state index in [1.54, 1.807) is 4.90 Å². The molecule has 2 fully saturated rings. The highest BCUT2D eigenvalue weighted by molar-refractivity contribution is 6.05. The minimum Gasteiger partial charge on any atom is -0.314 e. The summed E-state index contributed by atoms with van der Waals surface area (Å²) in [6.45, 7) is 8.01. The van der Waals surface area contributed by atoms with Gasteiger partial charge in [0, 0.05) is 12.6 Å². The zero-order valence-electron chi connectivity index (χ0n) is 13.0. The zero-order chi connectivity index (χ0) is 14.7. The van der Waals surface area contributed by atoms with Crippen LogP contribution in [-0.2, 0) is 9.59 Å². The van der Waals surface area contributed by atoms with Crippen molar-refractivity contribution in [2.75, 3.05) is 13.1 Å². The quantitative estimate of drug-likeness (QED) is 0.727. The Morgan fingerprint density at radius 1 is 1.20 bits per heavy atom. The van der Waals surface area contributed by atoms with Crippen molar-refractivity contribution in [3.63, 3.8) is 0 Å². The van der Waals surface area contributed by atoms with Gasteiger partial charge in [0.15, 0.2) is 0 Å². The molecule has 1 saturated heterocycles. The van der Waals surface area contributed by atoms with Crippen molar-refractivity contribution in [3.8, 4) is 0 Å². The van der Waals surface area contributed by atoms with Crippen molar-refractivity contribution < 1.29 is 9.59 Å². The first-order chi connectivity index (χ1) is 9.58. The van der Waals surface area contributed by atoms with Gasteiger partial charge in [-0.3, -0.25) is 14.5 Å². The SMILES string of the molecule is CCNC(CC)CCCN1C(=O)C2CC(C)CC2C1=O. The Balaban J connectivity index is 1.82. The van der Waals surface area contributed by atoms with Crippen LogP contribution in [0, 0.1) is 17.8 Å². The Hall–Kier alpha value is -0.900. The van der Waals surface area contributed by atoms with E-state index >= 15 is 0 Å². The van der Waals surface area contributed by atoms with Crippen LogP contribution in [0.5, 0.6) is 0 Å². The van der Waals surface area contributed by atoms with Crippen LogP contribution in [0.3, 0.4) is 0 Å². The predicted molar refractivity (Wildman–Crippen MR) is 79.1 cm³/mol. The van der Waals surface area contributed by atoms with Crippen LogP contribution in [0.25, 0.3) is 0 Å². The van der Waals surface area contributed by atoms with Crippen molar-refractivity contribution in [2.24, 2.45) is 17.8 Å². The lowest BCUT2D eigenvalue weighted by atomic mass is 10.00. The summed E-state index contributed by atoms with van der Waals surface area (Å²) in [4.78, 5) is 26.1. The molecule has 3 atom stereocenters. The fraction of sp³-hybridized carbons (Fsp3) is 0.875. The van der Waals surface area contributed by atoms with Crippen LogP contribution in [-0.4, -0.2) is 35.8 Å². The van der Waals surface area contributed by atoms with E-state index in [9.17, 15) is 9.59 Å². The predicted octanol–water partition coefficient (Wildman–Crippen LogP) is 2.19. The number of carbonyl (C=O) groups is 2. The number of nitrogens with one attached hydrogen (secondary N) is 1. The average Bonchev–Trinajstić information content (AvgIpc) is 2.90. The number of amides is 2. The number of rotatable bonds is 7. The number of imide groups is 1. The third-order valence-corrected chi connectivity index (χ3v) is 4.88. The highest BCUT2D eigenvalue weighted by Gasteiger charge is 2.51. The molecule has 114 valence electrons. The molecule has 2 amide bonds. The van der Waals surface area contributed by atoms with Gasteiger partial charge in [0.2, 0.25) is 11.8 Å². The average molecular weight is 280 g/mol. The van der Waals surface area contributed by atoms with Gasteiger partial charge in [-0.2, -0.15) is 0 Å². The monoisotopic (exact) mass is 280 g/mol. The van der Waals surface area contributed by atoms with Gasteiger partial charge in [-0.25, -0.2) is 0 Å². The second kappa shape index (κ2) is 6.70. The van der Waals surface area contributed by atoms with E-state index in [2.05, 4.69) is 26.1 Å². The molecule has 1 saturated carbocycles. The van der Waals surface area contributed by atoms with E-state index in [-0.39, 0.29) is 23.7 Å². The highest BCUT2D eigenvalue weighted by Crippen LogP contribution is 2.42. The summed E-state index contributed by atoms with van der Waals surface area (Å²) in [6, 6.07) is 0.507. The van der Waals surface area contributed by atoms with Crippen LogP contribution >= 0.6 is 0 Å². The molecule has 4 nitrogen and oxygen atoms in total. The minimum absolute atomic E-state index is 0.00626. The lowest BCUT2D eigenvalue weighted by molar-refractivity contribution is -0.140. The summed E-state index contributed by atoms with van der Waals surface area (Å²) >= 11 is 0. The molecule has 1 N–H and O–H groups in total. The van der Waals surface area contributed by atoms with E-state index in [4.69, 9.17) is 0 Å². The van der Waals surface area contributed by atoms with E-state index < -0.39 is 0 Å². The molecule has 3 unspecified atom stereocenters. The van der Waals surface area contributed by atoms with Crippen molar-refractivity contribution >= 4 is 11.8 Å². The number of hydrogen-bond donors (Lipinski definition) is 1. The molecule has 2 rings (SSSR count). The Morgan fingerprint density at radius 2 is 1.80 bits per heavy atom. The lowest BCUT2D eigenvalue weighted by Crippen LogP contribution is -2.35. The van der Waals surface area contributed by atoms with Gasteiger partial charge in [0.1, 0.15) is 0 Å². The molecule has 1 heterocycles. The molecule has 4 heteroatoms. The normalized spacial score (nSPS) is 30.9. The summed E-state index contributed by atoms with van der Waals surface area (Å²) < 4.78 is 0. The number of nitrogens with zero attached hydrogens (tertiary/aromatic N) is 1. The van der Waals surface area contributed by atoms with E-state index in [0.29, 0.717) is 18.5 Å². The lowest BCUT2D eigenvalue weighted by Gasteiger charge is -2.19. The summed E-state index contributed by atoms with van der Waals surface area (Å²) in [6.07, 6.45) is 4.85. The van der Waals surface area contributed by atoms with E-state index in [0.717, 1.165) is 38.6 Å². The molecule has 0 aromatic carbocycles. The van der Waals surface area contributed by atoms with Crippen LogP contribution in [0.1, 0.15) is 52.9 Å². The van der Waals surface area contributed by atoms with E-state index in [1.165, 1.54) is 0 Å². The highest BCUT2D eigenvalue weighted by atomic mass is 16.2. The standard InChI is InChI=1S/C16H28N2O2/c1-4-12(17-5-2)7-6-8-18-15(19)13-9-11(3)10-14(13)16(18)20/h11-14,17H,4-10H2,1-3H3. The molecule has 0 aromatic rings. The van der Waals surface area contributed by atoms with Gasteiger partial charge < -0.3 is 5.32 Å². The van der Waals surface area contributed by atoms with Crippen LogP contribution in [0.15, 0.2) is 0 Å². The zero-order valence-corrected chi connectivity index (χ0v) is 13.0. The van der Waals surface area contributed by atoms with Gasteiger partial charge >= 0.3 is 0 Å². The molecule has 0 radical (unpaired) electrons. The maximum absolute atomic E-state index is 12.3. The van der Waals surface area contributed by atoms with Crippen LogP contribution in [0.2, 0.25) is 0 Å². The largest absolute Gasteiger partial charge is 0.314 e. The third kappa shape index (κ3) is 3.05. The topological polar surface area (TPSA) is 49.4 Å². The van der Waals surface area contributed by atoms with Gasteiger partial charge in [-0.05, 0) is 44.6 Å². The maximum Gasteiger partial charge on any atom is 0.233 e.